The van der Waals surface area contributed by atoms with Crippen LogP contribution in [0.5, 0.6) is 11.5 Å². The molecule has 1 aromatic heterocycles. The summed E-state index contributed by atoms with van der Waals surface area (Å²) in [6.45, 7) is 2.50. The Balaban J connectivity index is 2.33. The molecular formula is C14H14ClFN2O. The van der Waals surface area contributed by atoms with Crippen molar-refractivity contribution < 1.29 is 9.13 Å². The monoisotopic (exact) mass is 280 g/mol. The van der Waals surface area contributed by atoms with E-state index >= 15 is 0 Å². The van der Waals surface area contributed by atoms with Gasteiger partial charge in [0.15, 0.2) is 0 Å². The molecule has 0 aliphatic rings. The van der Waals surface area contributed by atoms with Crippen molar-refractivity contribution in [1.82, 2.24) is 10.3 Å². The van der Waals surface area contributed by atoms with Gasteiger partial charge in [0.2, 0.25) is 0 Å². The van der Waals surface area contributed by atoms with E-state index in [1.165, 1.54) is 18.2 Å². The molecule has 0 bridgehead atoms. The molecule has 0 atom stereocenters. The van der Waals surface area contributed by atoms with E-state index in [0.29, 0.717) is 18.0 Å². The Morgan fingerprint density at radius 1 is 1.32 bits per heavy atom. The molecule has 0 radical (unpaired) electrons. The maximum Gasteiger partial charge on any atom is 0.146 e. The SMILES string of the molecule is CNCc1cnc(C)cc1Oc1ccc(F)cc1Cl. The van der Waals surface area contributed by atoms with Crippen molar-refractivity contribution in [2.45, 2.75) is 13.5 Å². The number of benzene rings is 1. The second-order valence-electron chi connectivity index (χ2n) is 4.14. The normalized spacial score (nSPS) is 10.5. The number of nitrogens with one attached hydrogen (secondary N) is 1. The number of aromatic nitrogens is 1. The summed E-state index contributed by atoms with van der Waals surface area (Å²) in [5.74, 6) is 0.695. The Hall–Kier alpha value is -1.65. The highest BCUT2D eigenvalue weighted by molar-refractivity contribution is 6.32. The Bertz CT molecular complexity index is 590. The molecule has 2 rings (SSSR count). The number of rotatable bonds is 4. The first-order valence-electron chi connectivity index (χ1n) is 5.83. The van der Waals surface area contributed by atoms with Gasteiger partial charge in [-0.1, -0.05) is 11.6 Å². The number of ether oxygens (including phenoxy) is 1. The number of nitrogens with zero attached hydrogens (tertiary/aromatic N) is 1. The molecule has 0 aliphatic heterocycles. The number of aryl methyl sites for hydroxylation is 1. The molecule has 0 saturated carbocycles. The lowest BCUT2D eigenvalue weighted by atomic mass is 10.2. The lowest BCUT2D eigenvalue weighted by molar-refractivity contribution is 0.471. The van der Waals surface area contributed by atoms with Crippen LogP contribution < -0.4 is 10.1 Å². The summed E-state index contributed by atoms with van der Waals surface area (Å²) in [5.41, 5.74) is 1.75. The molecule has 0 spiro atoms. The van der Waals surface area contributed by atoms with Gasteiger partial charge in [0.05, 0.1) is 5.02 Å². The van der Waals surface area contributed by atoms with Crippen molar-refractivity contribution in [3.8, 4) is 11.5 Å². The number of pyridine rings is 1. The first-order valence-corrected chi connectivity index (χ1v) is 6.21. The van der Waals surface area contributed by atoms with E-state index in [2.05, 4.69) is 10.3 Å². The van der Waals surface area contributed by atoms with Crippen LogP contribution in [-0.4, -0.2) is 12.0 Å². The van der Waals surface area contributed by atoms with Crippen molar-refractivity contribution in [1.29, 1.82) is 0 Å². The zero-order valence-electron chi connectivity index (χ0n) is 10.7. The van der Waals surface area contributed by atoms with Crippen LogP contribution in [0, 0.1) is 12.7 Å². The molecule has 19 heavy (non-hydrogen) atoms. The standard InChI is InChI=1S/C14H14ClFN2O/c1-9-5-14(10(7-17-2)8-18-9)19-13-4-3-11(16)6-12(13)15/h3-6,8,17H,7H2,1-2H3. The molecule has 0 amide bonds. The minimum Gasteiger partial charge on any atom is -0.455 e. The van der Waals surface area contributed by atoms with Gasteiger partial charge >= 0.3 is 0 Å². The van der Waals surface area contributed by atoms with E-state index in [4.69, 9.17) is 16.3 Å². The Labute approximate surface area is 116 Å². The van der Waals surface area contributed by atoms with E-state index in [0.717, 1.165) is 11.3 Å². The Morgan fingerprint density at radius 3 is 2.79 bits per heavy atom. The largest absolute Gasteiger partial charge is 0.455 e. The predicted molar refractivity (Wildman–Crippen MR) is 73.2 cm³/mol. The van der Waals surface area contributed by atoms with E-state index in [1.54, 1.807) is 6.20 Å². The van der Waals surface area contributed by atoms with Crippen molar-refractivity contribution >= 4 is 11.6 Å². The van der Waals surface area contributed by atoms with E-state index in [-0.39, 0.29) is 5.02 Å². The summed E-state index contributed by atoms with van der Waals surface area (Å²) in [6, 6.07) is 5.87. The molecule has 100 valence electrons. The fourth-order valence-corrected chi connectivity index (χ4v) is 1.86. The fourth-order valence-electron chi connectivity index (χ4n) is 1.66. The maximum absolute atomic E-state index is 13.0. The average molecular weight is 281 g/mol. The first kappa shape index (κ1) is 13.8. The van der Waals surface area contributed by atoms with Crippen molar-refractivity contribution in [2.75, 3.05) is 7.05 Å². The molecule has 1 aromatic carbocycles. The average Bonchev–Trinajstić information content (AvgIpc) is 2.36. The second-order valence-corrected chi connectivity index (χ2v) is 4.55. The van der Waals surface area contributed by atoms with E-state index in [9.17, 15) is 4.39 Å². The Morgan fingerprint density at radius 2 is 2.11 bits per heavy atom. The van der Waals surface area contributed by atoms with Crippen LogP contribution in [0.3, 0.4) is 0 Å². The quantitative estimate of drug-likeness (QED) is 0.927. The third-order valence-electron chi connectivity index (χ3n) is 2.56. The summed E-state index contributed by atoms with van der Waals surface area (Å²) in [4.78, 5) is 4.22. The molecule has 2 aromatic rings. The number of hydrogen-bond acceptors (Lipinski definition) is 3. The molecular weight excluding hydrogens is 267 g/mol. The summed E-state index contributed by atoms with van der Waals surface area (Å²) in [6.07, 6.45) is 1.75. The van der Waals surface area contributed by atoms with Crippen molar-refractivity contribution in [2.24, 2.45) is 0 Å². The summed E-state index contributed by atoms with van der Waals surface area (Å²) in [7, 11) is 1.84. The van der Waals surface area contributed by atoms with Gasteiger partial charge in [-0.3, -0.25) is 4.98 Å². The van der Waals surface area contributed by atoms with Crippen LogP contribution >= 0.6 is 11.6 Å². The van der Waals surface area contributed by atoms with Crippen LogP contribution in [0.4, 0.5) is 4.39 Å². The summed E-state index contributed by atoms with van der Waals surface area (Å²) >= 11 is 5.95. The topological polar surface area (TPSA) is 34.2 Å². The molecule has 0 saturated heterocycles. The fraction of sp³-hybridized carbons (Fsp3) is 0.214. The van der Waals surface area contributed by atoms with Gasteiger partial charge in [-0.05, 0) is 32.2 Å². The van der Waals surface area contributed by atoms with Gasteiger partial charge in [-0.25, -0.2) is 4.39 Å². The first-order chi connectivity index (χ1) is 9.10. The van der Waals surface area contributed by atoms with Crippen molar-refractivity contribution in [3.63, 3.8) is 0 Å². The molecule has 3 nitrogen and oxygen atoms in total. The van der Waals surface area contributed by atoms with Gasteiger partial charge in [0.1, 0.15) is 17.3 Å². The van der Waals surface area contributed by atoms with Gasteiger partial charge < -0.3 is 10.1 Å². The third kappa shape index (κ3) is 3.43. The number of hydrogen-bond donors (Lipinski definition) is 1. The zero-order valence-corrected chi connectivity index (χ0v) is 11.5. The lowest BCUT2D eigenvalue weighted by Crippen LogP contribution is -2.07. The van der Waals surface area contributed by atoms with Gasteiger partial charge in [0.25, 0.3) is 0 Å². The van der Waals surface area contributed by atoms with Crippen LogP contribution in [0.25, 0.3) is 0 Å². The molecule has 1 heterocycles. The predicted octanol–water partition coefficient (Wildman–Crippen LogP) is 3.69. The Kier molecular flexibility index (Phi) is 4.35. The lowest BCUT2D eigenvalue weighted by Gasteiger charge is -2.12. The summed E-state index contributed by atoms with van der Waals surface area (Å²) < 4.78 is 18.7. The maximum atomic E-state index is 13.0. The zero-order chi connectivity index (χ0) is 13.8. The molecule has 0 aliphatic carbocycles. The van der Waals surface area contributed by atoms with E-state index < -0.39 is 5.82 Å². The van der Waals surface area contributed by atoms with Gasteiger partial charge in [-0.15, -0.1) is 0 Å². The highest BCUT2D eigenvalue weighted by Gasteiger charge is 2.09. The van der Waals surface area contributed by atoms with E-state index in [1.807, 2.05) is 20.0 Å². The minimum atomic E-state index is -0.390. The van der Waals surface area contributed by atoms with Crippen LogP contribution in [-0.2, 0) is 6.54 Å². The third-order valence-corrected chi connectivity index (χ3v) is 2.86. The number of halogens is 2. The van der Waals surface area contributed by atoms with Crippen LogP contribution in [0.2, 0.25) is 5.02 Å². The minimum absolute atomic E-state index is 0.241. The molecule has 5 heteroatoms. The molecule has 0 fully saturated rings. The van der Waals surface area contributed by atoms with Crippen LogP contribution in [0.15, 0.2) is 30.5 Å². The summed E-state index contributed by atoms with van der Waals surface area (Å²) in [5, 5.41) is 3.28. The van der Waals surface area contributed by atoms with Gasteiger partial charge in [0, 0.05) is 30.1 Å². The second kappa shape index (κ2) is 5.99. The van der Waals surface area contributed by atoms with Gasteiger partial charge in [-0.2, -0.15) is 0 Å². The van der Waals surface area contributed by atoms with Crippen LogP contribution in [0.1, 0.15) is 11.3 Å². The highest BCUT2D eigenvalue weighted by Crippen LogP contribution is 2.31. The van der Waals surface area contributed by atoms with Crippen molar-refractivity contribution in [3.05, 3.63) is 52.6 Å². The molecule has 0 unspecified atom stereocenters. The molecule has 1 N–H and O–H groups in total. The highest BCUT2D eigenvalue weighted by atomic mass is 35.5. The smallest absolute Gasteiger partial charge is 0.146 e.